The molecule has 1 saturated heterocycles. The largest absolute Gasteiger partial charge is 0.349 e. The maximum absolute atomic E-state index is 2.63. The summed E-state index contributed by atoms with van der Waals surface area (Å²) in [5.41, 5.74) is 7.20. The van der Waals surface area contributed by atoms with Crippen molar-refractivity contribution >= 4 is 11.4 Å². The second-order valence-electron chi connectivity index (χ2n) is 9.32. The van der Waals surface area contributed by atoms with Gasteiger partial charge in [0.25, 0.3) is 0 Å². The third-order valence-electron chi connectivity index (χ3n) is 7.27. The summed E-state index contributed by atoms with van der Waals surface area (Å²) in [5, 5.41) is 0. The Morgan fingerprint density at radius 2 is 1.25 bits per heavy atom. The topological polar surface area (TPSA) is 6.48 Å². The summed E-state index contributed by atoms with van der Waals surface area (Å²) in [6.45, 7) is 13.7. The summed E-state index contributed by atoms with van der Waals surface area (Å²) in [7, 11) is 0. The highest BCUT2D eigenvalue weighted by Gasteiger charge is 2.41. The van der Waals surface area contributed by atoms with Gasteiger partial charge in [-0.2, -0.15) is 0 Å². The number of hydrogen-bond donors (Lipinski definition) is 0. The first kappa shape index (κ1) is 19.1. The van der Waals surface area contributed by atoms with Gasteiger partial charge in [-0.05, 0) is 69.2 Å². The first-order valence-corrected chi connectivity index (χ1v) is 10.7. The number of benzene rings is 2. The van der Waals surface area contributed by atoms with Crippen molar-refractivity contribution in [3.05, 3.63) is 71.3 Å². The molecule has 0 spiro atoms. The fourth-order valence-corrected chi connectivity index (χ4v) is 4.86. The molecule has 2 aliphatic rings. The highest BCUT2D eigenvalue weighted by Crippen LogP contribution is 2.47. The van der Waals surface area contributed by atoms with Crippen molar-refractivity contribution in [1.29, 1.82) is 0 Å². The van der Waals surface area contributed by atoms with Gasteiger partial charge >= 0.3 is 0 Å². The van der Waals surface area contributed by atoms with Gasteiger partial charge in [0.2, 0.25) is 0 Å². The Morgan fingerprint density at radius 1 is 0.786 bits per heavy atom. The van der Waals surface area contributed by atoms with Crippen LogP contribution in [0.1, 0.15) is 44.7 Å². The maximum Gasteiger partial charge on any atom is 0.102 e. The Hall–Kier alpha value is -2.22. The molecule has 0 bridgehead atoms. The van der Waals surface area contributed by atoms with Crippen LogP contribution in [0.15, 0.2) is 60.2 Å². The lowest BCUT2D eigenvalue weighted by Gasteiger charge is -2.38. The van der Waals surface area contributed by atoms with Crippen LogP contribution in [0.3, 0.4) is 0 Å². The lowest BCUT2D eigenvalue weighted by molar-refractivity contribution is 0.259. The number of hydrogen-bond acceptors (Lipinski definition) is 2. The third kappa shape index (κ3) is 3.45. The molecule has 1 aliphatic carbocycles. The molecular weight excluding hydrogens is 340 g/mol. The molecule has 4 rings (SSSR count). The van der Waals surface area contributed by atoms with Gasteiger partial charge in [-0.15, -0.1) is 0 Å². The number of aryl methyl sites for hydroxylation is 2. The molecule has 0 unspecified atom stereocenters. The minimum absolute atomic E-state index is 0.292. The highest BCUT2D eigenvalue weighted by atomic mass is 15.4. The third-order valence-corrected chi connectivity index (χ3v) is 7.27. The van der Waals surface area contributed by atoms with Crippen molar-refractivity contribution in [3.63, 3.8) is 0 Å². The van der Waals surface area contributed by atoms with E-state index in [1.165, 1.54) is 35.3 Å². The number of anilines is 2. The van der Waals surface area contributed by atoms with E-state index in [1.54, 1.807) is 5.57 Å². The van der Waals surface area contributed by atoms with E-state index in [1.807, 2.05) is 0 Å². The summed E-state index contributed by atoms with van der Waals surface area (Å²) < 4.78 is 0. The van der Waals surface area contributed by atoms with Crippen LogP contribution in [-0.4, -0.2) is 19.3 Å². The number of nitrogens with zero attached hydrogens (tertiary/aromatic N) is 2. The summed E-state index contributed by atoms with van der Waals surface area (Å²) in [4.78, 5) is 5.26. The van der Waals surface area contributed by atoms with Gasteiger partial charge in [-0.3, -0.25) is 0 Å². The van der Waals surface area contributed by atoms with Crippen molar-refractivity contribution in [2.75, 3.05) is 22.9 Å². The van der Waals surface area contributed by atoms with Crippen molar-refractivity contribution in [2.45, 2.75) is 53.6 Å². The Kier molecular flexibility index (Phi) is 4.99. The maximum atomic E-state index is 2.63. The minimum Gasteiger partial charge on any atom is -0.349 e. The van der Waals surface area contributed by atoms with E-state index in [0.717, 1.165) is 13.1 Å². The van der Waals surface area contributed by atoms with Gasteiger partial charge in [0.15, 0.2) is 0 Å². The molecule has 1 atom stereocenters. The van der Waals surface area contributed by atoms with E-state index < -0.39 is 0 Å². The zero-order valence-electron chi connectivity index (χ0n) is 18.1. The second kappa shape index (κ2) is 7.31. The van der Waals surface area contributed by atoms with Crippen LogP contribution >= 0.6 is 0 Å². The van der Waals surface area contributed by atoms with E-state index in [2.05, 4.69) is 99.0 Å². The predicted octanol–water partition coefficient (Wildman–Crippen LogP) is 6.34. The van der Waals surface area contributed by atoms with Crippen molar-refractivity contribution in [1.82, 2.24) is 0 Å². The Bertz CT molecular complexity index is 792. The Morgan fingerprint density at radius 3 is 1.64 bits per heavy atom. The van der Waals surface area contributed by atoms with Crippen LogP contribution in [-0.2, 0) is 0 Å². The minimum atomic E-state index is 0.292. The molecule has 0 saturated carbocycles. The van der Waals surface area contributed by atoms with Crippen LogP contribution in [0.2, 0.25) is 0 Å². The number of allylic oxidation sites excluding steroid dienone is 2. The fourth-order valence-electron chi connectivity index (χ4n) is 4.86. The first-order chi connectivity index (χ1) is 13.4. The molecule has 2 aromatic carbocycles. The standard InChI is InChI=1S/C26H34N2/c1-19-6-12-23(13-7-19)27-16-17-28(24-14-8-20(2)9-15-24)25(27)18-22-11-10-21(3)26(22,4)5/h6-10,12-15,22,25H,11,16-18H2,1-5H3/t22-/m1/s1. The molecule has 2 nitrogen and oxygen atoms in total. The van der Waals surface area contributed by atoms with Gasteiger partial charge in [0.1, 0.15) is 6.17 Å². The van der Waals surface area contributed by atoms with Crippen LogP contribution in [0.25, 0.3) is 0 Å². The van der Waals surface area contributed by atoms with Gasteiger partial charge in [0, 0.05) is 24.5 Å². The first-order valence-electron chi connectivity index (χ1n) is 10.7. The lowest BCUT2D eigenvalue weighted by atomic mass is 9.75. The molecule has 1 aliphatic heterocycles. The molecule has 1 fully saturated rings. The molecular formula is C26H34N2. The smallest absolute Gasteiger partial charge is 0.102 e. The molecule has 148 valence electrons. The lowest BCUT2D eigenvalue weighted by Crippen LogP contribution is -2.42. The molecule has 0 amide bonds. The normalized spacial score (nSPS) is 22.0. The van der Waals surface area contributed by atoms with Crippen LogP contribution in [0.4, 0.5) is 11.4 Å². The van der Waals surface area contributed by atoms with E-state index >= 15 is 0 Å². The molecule has 2 aromatic rings. The van der Waals surface area contributed by atoms with E-state index in [9.17, 15) is 0 Å². The van der Waals surface area contributed by atoms with Crippen molar-refractivity contribution in [2.24, 2.45) is 11.3 Å². The Labute approximate surface area is 170 Å². The molecule has 1 heterocycles. The van der Waals surface area contributed by atoms with Gasteiger partial charge < -0.3 is 9.80 Å². The molecule has 0 N–H and O–H groups in total. The van der Waals surface area contributed by atoms with E-state index in [0.29, 0.717) is 17.5 Å². The second-order valence-corrected chi connectivity index (χ2v) is 9.32. The summed E-state index contributed by atoms with van der Waals surface area (Å²) in [6, 6.07) is 18.2. The molecule has 2 heteroatoms. The van der Waals surface area contributed by atoms with Gasteiger partial charge in [0.05, 0.1) is 0 Å². The zero-order valence-corrected chi connectivity index (χ0v) is 18.1. The predicted molar refractivity (Wildman–Crippen MR) is 121 cm³/mol. The average Bonchev–Trinajstić information content (AvgIpc) is 3.19. The van der Waals surface area contributed by atoms with Gasteiger partial charge in [-0.25, -0.2) is 0 Å². The van der Waals surface area contributed by atoms with Crippen molar-refractivity contribution < 1.29 is 0 Å². The monoisotopic (exact) mass is 374 g/mol. The van der Waals surface area contributed by atoms with E-state index in [4.69, 9.17) is 0 Å². The SMILES string of the molecule is CC1=CC[C@H](CC2N(c3ccc(C)cc3)CCN2c2ccc(C)cc2)C1(C)C. The quantitative estimate of drug-likeness (QED) is 0.576. The summed E-state index contributed by atoms with van der Waals surface area (Å²) in [5.74, 6) is 0.691. The summed E-state index contributed by atoms with van der Waals surface area (Å²) in [6.07, 6.45) is 5.28. The molecule has 0 radical (unpaired) electrons. The fraction of sp³-hybridized carbons (Fsp3) is 0.462. The van der Waals surface area contributed by atoms with Crippen molar-refractivity contribution in [3.8, 4) is 0 Å². The van der Waals surface area contributed by atoms with Crippen LogP contribution in [0, 0.1) is 25.2 Å². The zero-order chi connectivity index (χ0) is 19.9. The van der Waals surface area contributed by atoms with E-state index in [-0.39, 0.29) is 0 Å². The average molecular weight is 375 g/mol. The highest BCUT2D eigenvalue weighted by molar-refractivity contribution is 5.57. The number of rotatable bonds is 4. The molecule has 28 heavy (non-hydrogen) atoms. The van der Waals surface area contributed by atoms with Crippen LogP contribution < -0.4 is 9.80 Å². The van der Waals surface area contributed by atoms with Crippen LogP contribution in [0.5, 0.6) is 0 Å². The summed E-state index contributed by atoms with van der Waals surface area (Å²) >= 11 is 0. The Balaban J connectivity index is 1.65. The van der Waals surface area contributed by atoms with Gasteiger partial charge in [-0.1, -0.05) is 60.9 Å². The molecule has 0 aromatic heterocycles.